The number of pyridine rings is 1. The molecule has 5 heteroatoms. The Labute approximate surface area is 84.9 Å². The second-order valence-electron chi connectivity index (χ2n) is 2.99. The van der Waals surface area contributed by atoms with Gasteiger partial charge in [0, 0.05) is 12.4 Å². The number of nitrogens with one attached hydrogen (secondary N) is 1. The van der Waals surface area contributed by atoms with E-state index in [4.69, 9.17) is 0 Å². The van der Waals surface area contributed by atoms with Crippen LogP contribution in [0.15, 0.2) is 30.6 Å². The predicted molar refractivity (Wildman–Crippen MR) is 53.8 cm³/mol. The molecule has 2 rings (SSSR count). The fraction of sp³-hybridized carbons (Fsp3) is 0. The fourth-order valence-electron chi connectivity index (χ4n) is 1.41. The Morgan fingerprint density at radius 2 is 2.20 bits per heavy atom. The van der Waals surface area contributed by atoms with Gasteiger partial charge in [0.05, 0.1) is 5.69 Å². The maximum Gasteiger partial charge on any atom is 0.288 e. The molecule has 0 aromatic carbocycles. The van der Waals surface area contributed by atoms with Crippen molar-refractivity contribution in [3.63, 3.8) is 0 Å². The molecule has 5 nitrogen and oxygen atoms in total. The van der Waals surface area contributed by atoms with Crippen molar-refractivity contribution >= 4 is 23.4 Å². The SMILES string of the molecule is O=CC(=O)Nc1ccn2cccc(O)c12. The van der Waals surface area contributed by atoms with Gasteiger partial charge in [-0.05, 0) is 18.2 Å². The first-order valence-corrected chi connectivity index (χ1v) is 4.27. The topological polar surface area (TPSA) is 70.8 Å². The van der Waals surface area contributed by atoms with Gasteiger partial charge in [0.1, 0.15) is 11.3 Å². The van der Waals surface area contributed by atoms with Crippen LogP contribution < -0.4 is 5.32 Å². The second kappa shape index (κ2) is 3.45. The van der Waals surface area contributed by atoms with Crippen molar-refractivity contribution in [2.75, 3.05) is 5.32 Å². The quantitative estimate of drug-likeness (QED) is 0.561. The Hall–Kier alpha value is -2.30. The standard InChI is InChI=1S/C10H8N2O3/c13-6-9(15)11-7-3-5-12-4-1-2-8(14)10(7)12/h1-6,14H,(H,11,15). The van der Waals surface area contributed by atoms with E-state index in [0.29, 0.717) is 11.2 Å². The molecule has 0 bridgehead atoms. The van der Waals surface area contributed by atoms with Crippen molar-refractivity contribution in [1.29, 1.82) is 0 Å². The Bertz CT molecular complexity index is 530. The maximum absolute atomic E-state index is 10.9. The smallest absolute Gasteiger partial charge is 0.288 e. The molecule has 0 aliphatic rings. The van der Waals surface area contributed by atoms with E-state index in [1.807, 2.05) is 0 Å². The summed E-state index contributed by atoms with van der Waals surface area (Å²) in [6.45, 7) is 0. The Kier molecular flexibility index (Phi) is 2.13. The Balaban J connectivity index is 2.52. The molecule has 1 amide bonds. The van der Waals surface area contributed by atoms with E-state index in [1.165, 1.54) is 6.07 Å². The molecule has 2 aromatic heterocycles. The lowest BCUT2D eigenvalue weighted by atomic mass is 10.3. The highest BCUT2D eigenvalue weighted by molar-refractivity contribution is 6.30. The summed E-state index contributed by atoms with van der Waals surface area (Å²) in [5.74, 6) is -0.699. The molecule has 15 heavy (non-hydrogen) atoms. The van der Waals surface area contributed by atoms with E-state index in [1.54, 1.807) is 28.9 Å². The van der Waals surface area contributed by atoms with Crippen LogP contribution in [0, 0.1) is 0 Å². The number of rotatable bonds is 2. The fourth-order valence-corrected chi connectivity index (χ4v) is 1.41. The van der Waals surface area contributed by atoms with Crippen LogP contribution in [0.3, 0.4) is 0 Å². The van der Waals surface area contributed by atoms with Gasteiger partial charge in [-0.3, -0.25) is 9.59 Å². The summed E-state index contributed by atoms with van der Waals surface area (Å²) in [5.41, 5.74) is 0.873. The highest BCUT2D eigenvalue weighted by Gasteiger charge is 2.08. The number of hydrogen-bond acceptors (Lipinski definition) is 3. The number of aromatic nitrogens is 1. The third-order valence-corrected chi connectivity index (χ3v) is 2.02. The predicted octanol–water partition coefficient (Wildman–Crippen LogP) is 0.782. The molecule has 0 spiro atoms. The van der Waals surface area contributed by atoms with Gasteiger partial charge in [0.2, 0.25) is 6.29 Å². The largest absolute Gasteiger partial charge is 0.506 e. The molecule has 0 aliphatic carbocycles. The zero-order valence-corrected chi connectivity index (χ0v) is 7.68. The van der Waals surface area contributed by atoms with Crippen LogP contribution in [0.5, 0.6) is 5.75 Å². The van der Waals surface area contributed by atoms with Crippen LogP contribution >= 0.6 is 0 Å². The molecule has 0 atom stereocenters. The Morgan fingerprint density at radius 1 is 1.40 bits per heavy atom. The Morgan fingerprint density at radius 3 is 2.93 bits per heavy atom. The number of aldehydes is 1. The summed E-state index contributed by atoms with van der Waals surface area (Å²) in [6, 6.07) is 4.79. The molecule has 0 saturated carbocycles. The number of hydrogen-bond donors (Lipinski definition) is 2. The van der Waals surface area contributed by atoms with Crippen molar-refractivity contribution in [2.24, 2.45) is 0 Å². The van der Waals surface area contributed by atoms with Crippen LogP contribution in [0.25, 0.3) is 5.52 Å². The number of aromatic hydroxyl groups is 1. The second-order valence-corrected chi connectivity index (χ2v) is 2.99. The molecule has 0 unspecified atom stereocenters. The molecule has 2 aromatic rings. The minimum atomic E-state index is -0.744. The zero-order chi connectivity index (χ0) is 10.8. The van der Waals surface area contributed by atoms with Crippen molar-refractivity contribution in [2.45, 2.75) is 0 Å². The molecule has 0 aliphatic heterocycles. The van der Waals surface area contributed by atoms with E-state index in [9.17, 15) is 14.7 Å². The van der Waals surface area contributed by atoms with Crippen molar-refractivity contribution in [3.05, 3.63) is 30.6 Å². The number of nitrogens with zero attached hydrogens (tertiary/aromatic N) is 1. The van der Waals surface area contributed by atoms with Crippen LogP contribution in [-0.2, 0) is 9.59 Å². The molecular weight excluding hydrogens is 196 g/mol. The lowest BCUT2D eigenvalue weighted by Gasteiger charge is -2.01. The summed E-state index contributed by atoms with van der Waals surface area (Å²) < 4.78 is 1.65. The van der Waals surface area contributed by atoms with Gasteiger partial charge in [0.15, 0.2) is 0 Å². The minimum absolute atomic E-state index is 0.0451. The van der Waals surface area contributed by atoms with Crippen molar-refractivity contribution in [1.82, 2.24) is 4.40 Å². The van der Waals surface area contributed by atoms with E-state index in [-0.39, 0.29) is 12.0 Å². The van der Waals surface area contributed by atoms with Crippen LogP contribution in [0.2, 0.25) is 0 Å². The number of anilines is 1. The highest BCUT2D eigenvalue weighted by atomic mass is 16.3. The average molecular weight is 204 g/mol. The van der Waals surface area contributed by atoms with Crippen LogP contribution in [0.4, 0.5) is 5.69 Å². The first-order chi connectivity index (χ1) is 7.22. The molecule has 76 valence electrons. The number of carbonyl (C=O) groups is 2. The van der Waals surface area contributed by atoms with Gasteiger partial charge >= 0.3 is 0 Å². The monoisotopic (exact) mass is 204 g/mol. The van der Waals surface area contributed by atoms with E-state index in [2.05, 4.69) is 5.32 Å². The summed E-state index contributed by atoms with van der Waals surface area (Å²) in [4.78, 5) is 21.0. The maximum atomic E-state index is 10.9. The van der Waals surface area contributed by atoms with E-state index >= 15 is 0 Å². The zero-order valence-electron chi connectivity index (χ0n) is 7.68. The number of carbonyl (C=O) groups excluding carboxylic acids is 2. The average Bonchev–Trinajstić information content (AvgIpc) is 2.63. The lowest BCUT2D eigenvalue weighted by Crippen LogP contribution is -2.11. The first-order valence-electron chi connectivity index (χ1n) is 4.27. The molecule has 2 heterocycles. The van der Waals surface area contributed by atoms with Crippen molar-refractivity contribution in [3.8, 4) is 5.75 Å². The lowest BCUT2D eigenvalue weighted by molar-refractivity contribution is -0.127. The highest BCUT2D eigenvalue weighted by Crippen LogP contribution is 2.26. The third kappa shape index (κ3) is 1.54. The van der Waals surface area contributed by atoms with Gasteiger partial charge in [-0.25, -0.2) is 0 Å². The summed E-state index contributed by atoms with van der Waals surface area (Å²) in [7, 11) is 0. The minimum Gasteiger partial charge on any atom is -0.506 e. The van der Waals surface area contributed by atoms with Gasteiger partial charge in [-0.2, -0.15) is 0 Å². The molecule has 0 saturated heterocycles. The molecule has 0 radical (unpaired) electrons. The number of fused-ring (bicyclic) bond motifs is 1. The van der Waals surface area contributed by atoms with Crippen molar-refractivity contribution < 1.29 is 14.7 Å². The van der Waals surface area contributed by atoms with Gasteiger partial charge < -0.3 is 14.8 Å². The van der Waals surface area contributed by atoms with Gasteiger partial charge in [-0.15, -0.1) is 0 Å². The van der Waals surface area contributed by atoms with Crippen LogP contribution in [-0.4, -0.2) is 21.7 Å². The summed E-state index contributed by atoms with van der Waals surface area (Å²) in [5, 5.41) is 11.9. The van der Waals surface area contributed by atoms with E-state index in [0.717, 1.165) is 0 Å². The molecule has 2 N–H and O–H groups in total. The summed E-state index contributed by atoms with van der Waals surface area (Å²) in [6.07, 6.45) is 3.59. The summed E-state index contributed by atoms with van der Waals surface area (Å²) >= 11 is 0. The van der Waals surface area contributed by atoms with Gasteiger partial charge in [0.25, 0.3) is 5.91 Å². The number of amides is 1. The third-order valence-electron chi connectivity index (χ3n) is 2.02. The normalized spacial score (nSPS) is 10.1. The van der Waals surface area contributed by atoms with Crippen LogP contribution in [0.1, 0.15) is 0 Å². The van der Waals surface area contributed by atoms with E-state index < -0.39 is 5.91 Å². The first kappa shape index (κ1) is 9.26. The molecule has 0 fully saturated rings. The van der Waals surface area contributed by atoms with Gasteiger partial charge in [-0.1, -0.05) is 0 Å². The molecular formula is C10H8N2O3.